The van der Waals surface area contributed by atoms with Crippen molar-refractivity contribution in [3.8, 4) is 11.5 Å². The van der Waals surface area contributed by atoms with E-state index in [1.165, 1.54) is 6.92 Å². The van der Waals surface area contributed by atoms with Crippen LogP contribution in [-0.2, 0) is 16.0 Å². The summed E-state index contributed by atoms with van der Waals surface area (Å²) in [6, 6.07) is 0. The maximum atomic E-state index is 12.8. The van der Waals surface area contributed by atoms with Crippen LogP contribution in [0.2, 0.25) is 0 Å². The van der Waals surface area contributed by atoms with Gasteiger partial charge in [-0.3, -0.25) is 9.59 Å². The molecule has 0 aromatic heterocycles. The van der Waals surface area contributed by atoms with Gasteiger partial charge in [0.05, 0.1) is 0 Å². The molecule has 1 heterocycles. The molecule has 0 bridgehead atoms. The number of rotatable bonds is 8. The normalized spacial score (nSPS) is 18.2. The van der Waals surface area contributed by atoms with Gasteiger partial charge in [0.1, 0.15) is 11.5 Å². The molecule has 1 aromatic carbocycles. The highest BCUT2D eigenvalue weighted by molar-refractivity contribution is 6.17. The number of nitrogens with one attached hydrogen (secondary N) is 1. The summed E-state index contributed by atoms with van der Waals surface area (Å²) in [5.41, 5.74) is 2.82. The number of ether oxygens (including phenoxy) is 2. The van der Waals surface area contributed by atoms with Gasteiger partial charge in [-0.25, -0.2) is 0 Å². The second-order valence-corrected chi connectivity index (χ2v) is 8.18. The zero-order chi connectivity index (χ0) is 20.9. The van der Waals surface area contributed by atoms with Crippen molar-refractivity contribution in [1.29, 1.82) is 0 Å². The molecule has 0 spiro atoms. The third-order valence-electron chi connectivity index (χ3n) is 5.56. The van der Waals surface area contributed by atoms with Gasteiger partial charge in [0.15, 0.2) is 5.60 Å². The minimum absolute atomic E-state index is 0.0748. The average Bonchev–Trinajstić information content (AvgIpc) is 2.65. The topological polar surface area (TPSA) is 64.6 Å². The first-order valence-corrected chi connectivity index (χ1v) is 10.6. The van der Waals surface area contributed by atoms with Crippen LogP contribution >= 0.6 is 11.6 Å². The standard InChI is InChI=1S/C22H32ClNO4/c1-14-15(2)20-18(16(3)19(14)27-17(4)25)10-11-22(5,28-20)21(26)24-13-9-7-6-8-12-23/h6-13H2,1-5H3,(H,24,26). The second kappa shape index (κ2) is 9.64. The number of alkyl halides is 1. The molecule has 5 nitrogen and oxygen atoms in total. The Labute approximate surface area is 173 Å². The lowest BCUT2D eigenvalue weighted by Gasteiger charge is -2.37. The largest absolute Gasteiger partial charge is 0.477 e. The molecule has 0 saturated heterocycles. The summed E-state index contributed by atoms with van der Waals surface area (Å²) in [6.07, 6.45) is 5.39. The Morgan fingerprint density at radius 1 is 1.11 bits per heavy atom. The maximum Gasteiger partial charge on any atom is 0.308 e. The van der Waals surface area contributed by atoms with Crippen molar-refractivity contribution in [2.75, 3.05) is 12.4 Å². The van der Waals surface area contributed by atoms with Crippen LogP contribution < -0.4 is 14.8 Å². The Morgan fingerprint density at radius 2 is 1.79 bits per heavy atom. The minimum atomic E-state index is -0.893. The number of benzene rings is 1. The number of esters is 1. The second-order valence-electron chi connectivity index (χ2n) is 7.80. The van der Waals surface area contributed by atoms with Gasteiger partial charge >= 0.3 is 5.97 Å². The third kappa shape index (κ3) is 4.99. The SMILES string of the molecule is CC(=O)Oc1c(C)c(C)c2c(c1C)CCC(C)(C(=O)NCCCCCCCl)O2. The zero-order valence-corrected chi connectivity index (χ0v) is 18.4. The van der Waals surface area contributed by atoms with Crippen LogP contribution in [0.3, 0.4) is 0 Å². The molecule has 28 heavy (non-hydrogen) atoms. The molecule has 156 valence electrons. The van der Waals surface area contributed by atoms with Gasteiger partial charge in [-0.05, 0) is 63.6 Å². The highest BCUT2D eigenvalue weighted by Gasteiger charge is 2.40. The number of hydrogen-bond acceptors (Lipinski definition) is 4. The van der Waals surface area contributed by atoms with Crippen molar-refractivity contribution in [2.24, 2.45) is 0 Å². The number of fused-ring (bicyclic) bond motifs is 1. The van der Waals surface area contributed by atoms with Crippen LogP contribution in [0.15, 0.2) is 0 Å². The van der Waals surface area contributed by atoms with Crippen molar-refractivity contribution in [3.63, 3.8) is 0 Å². The van der Waals surface area contributed by atoms with Crippen LogP contribution in [0.1, 0.15) is 68.2 Å². The average molecular weight is 410 g/mol. The van der Waals surface area contributed by atoms with Crippen LogP contribution in [0, 0.1) is 20.8 Å². The van der Waals surface area contributed by atoms with E-state index in [4.69, 9.17) is 21.1 Å². The van der Waals surface area contributed by atoms with Gasteiger partial charge in [-0.2, -0.15) is 0 Å². The van der Waals surface area contributed by atoms with E-state index < -0.39 is 5.60 Å². The molecule has 1 amide bonds. The molecule has 0 radical (unpaired) electrons. The molecule has 1 N–H and O–H groups in total. The van der Waals surface area contributed by atoms with Gasteiger partial charge < -0.3 is 14.8 Å². The number of hydrogen-bond donors (Lipinski definition) is 1. The minimum Gasteiger partial charge on any atom is -0.477 e. The summed E-state index contributed by atoms with van der Waals surface area (Å²) < 4.78 is 11.7. The van der Waals surface area contributed by atoms with E-state index in [2.05, 4.69) is 5.32 Å². The highest BCUT2D eigenvalue weighted by atomic mass is 35.5. The molecule has 1 aromatic rings. The molecular formula is C22H32ClNO4. The molecule has 0 saturated carbocycles. The quantitative estimate of drug-likeness (QED) is 0.296. The van der Waals surface area contributed by atoms with Crippen molar-refractivity contribution in [3.05, 3.63) is 22.3 Å². The molecule has 1 unspecified atom stereocenters. The number of carbonyl (C=O) groups is 2. The Hall–Kier alpha value is -1.75. The van der Waals surface area contributed by atoms with Crippen molar-refractivity contribution >= 4 is 23.5 Å². The lowest BCUT2D eigenvalue weighted by molar-refractivity contribution is -0.136. The van der Waals surface area contributed by atoms with Crippen LogP contribution in [0.25, 0.3) is 0 Å². The molecular weight excluding hydrogens is 378 g/mol. The summed E-state index contributed by atoms with van der Waals surface area (Å²) in [6.45, 7) is 9.70. The molecule has 1 aliphatic heterocycles. The van der Waals surface area contributed by atoms with Crippen LogP contribution in [0.5, 0.6) is 11.5 Å². The van der Waals surface area contributed by atoms with E-state index >= 15 is 0 Å². The number of halogens is 1. The first kappa shape index (κ1) is 22.5. The van der Waals surface area contributed by atoms with Crippen LogP contribution in [-0.4, -0.2) is 29.9 Å². The lowest BCUT2D eigenvalue weighted by atomic mass is 9.86. The number of unbranched alkanes of at least 4 members (excludes halogenated alkanes) is 3. The van der Waals surface area contributed by atoms with Gasteiger partial charge in [-0.1, -0.05) is 12.8 Å². The first-order chi connectivity index (χ1) is 13.2. The summed E-state index contributed by atoms with van der Waals surface area (Å²) in [5, 5.41) is 3.02. The van der Waals surface area contributed by atoms with E-state index in [9.17, 15) is 9.59 Å². The van der Waals surface area contributed by atoms with E-state index in [0.29, 0.717) is 31.0 Å². The maximum absolute atomic E-state index is 12.8. The zero-order valence-electron chi connectivity index (χ0n) is 17.7. The van der Waals surface area contributed by atoms with Gasteiger partial charge in [0.2, 0.25) is 0 Å². The van der Waals surface area contributed by atoms with Gasteiger partial charge in [0.25, 0.3) is 5.91 Å². The summed E-state index contributed by atoms with van der Waals surface area (Å²) in [5.74, 6) is 1.63. The fourth-order valence-corrected chi connectivity index (χ4v) is 3.84. The Morgan fingerprint density at radius 3 is 2.43 bits per heavy atom. The molecule has 0 aliphatic carbocycles. The third-order valence-corrected chi connectivity index (χ3v) is 5.83. The van der Waals surface area contributed by atoms with Crippen molar-refractivity contribution in [2.45, 2.75) is 78.7 Å². The highest BCUT2D eigenvalue weighted by Crippen LogP contribution is 2.43. The summed E-state index contributed by atoms with van der Waals surface area (Å²) in [7, 11) is 0. The van der Waals surface area contributed by atoms with E-state index in [0.717, 1.165) is 53.7 Å². The van der Waals surface area contributed by atoms with Crippen molar-refractivity contribution < 1.29 is 19.1 Å². The first-order valence-electron chi connectivity index (χ1n) is 10.1. The van der Waals surface area contributed by atoms with E-state index in [1.807, 2.05) is 27.7 Å². The smallest absolute Gasteiger partial charge is 0.308 e. The fourth-order valence-electron chi connectivity index (χ4n) is 3.65. The summed E-state index contributed by atoms with van der Waals surface area (Å²) >= 11 is 5.68. The van der Waals surface area contributed by atoms with E-state index in [-0.39, 0.29) is 11.9 Å². The van der Waals surface area contributed by atoms with Gasteiger partial charge in [0, 0.05) is 31.3 Å². The van der Waals surface area contributed by atoms with Gasteiger partial charge in [-0.15, -0.1) is 11.6 Å². The monoisotopic (exact) mass is 409 g/mol. The summed E-state index contributed by atoms with van der Waals surface area (Å²) in [4.78, 5) is 24.2. The molecule has 0 fully saturated rings. The Bertz CT molecular complexity index is 747. The van der Waals surface area contributed by atoms with Crippen molar-refractivity contribution in [1.82, 2.24) is 5.32 Å². The fraction of sp³-hybridized carbons (Fsp3) is 0.636. The van der Waals surface area contributed by atoms with E-state index in [1.54, 1.807) is 0 Å². The Kier molecular flexibility index (Phi) is 7.76. The predicted molar refractivity (Wildman–Crippen MR) is 112 cm³/mol. The number of carbonyl (C=O) groups excluding carboxylic acids is 2. The molecule has 1 atom stereocenters. The predicted octanol–water partition coefficient (Wildman–Crippen LogP) is 4.54. The molecule has 1 aliphatic rings. The lowest BCUT2D eigenvalue weighted by Crippen LogP contribution is -2.51. The number of amides is 1. The molecule has 6 heteroatoms. The molecule has 2 rings (SSSR count). The Balaban J connectivity index is 2.12. The van der Waals surface area contributed by atoms with Crippen LogP contribution in [0.4, 0.5) is 0 Å².